The van der Waals surface area contributed by atoms with Crippen LogP contribution < -0.4 is 5.73 Å². The van der Waals surface area contributed by atoms with Gasteiger partial charge in [-0.3, -0.25) is 14.5 Å². The number of benzene rings is 1. The molecule has 0 bridgehead atoms. The van der Waals surface area contributed by atoms with Gasteiger partial charge < -0.3 is 5.73 Å². The number of nitrogens with zero attached hydrogens (tertiary/aromatic N) is 1. The molecule has 0 spiro atoms. The Balaban J connectivity index is 1.99. The van der Waals surface area contributed by atoms with E-state index < -0.39 is 29.5 Å². The van der Waals surface area contributed by atoms with Crippen LogP contribution in [-0.4, -0.2) is 28.8 Å². The van der Waals surface area contributed by atoms with Crippen molar-refractivity contribution in [2.24, 2.45) is 5.73 Å². The fourth-order valence-electron chi connectivity index (χ4n) is 3.19. The van der Waals surface area contributed by atoms with Crippen molar-refractivity contribution in [3.05, 3.63) is 34.9 Å². The number of carbonyl (C=O) groups is 2. The average Bonchev–Trinajstić information content (AvgIpc) is 2.60. The summed E-state index contributed by atoms with van der Waals surface area (Å²) in [6, 6.07) is 0.913. The third-order valence-corrected chi connectivity index (χ3v) is 4.32. The van der Waals surface area contributed by atoms with Crippen LogP contribution in [-0.2, 0) is 0 Å². The van der Waals surface area contributed by atoms with Gasteiger partial charge >= 0.3 is 0 Å². The summed E-state index contributed by atoms with van der Waals surface area (Å²) in [6.45, 7) is 0. The highest BCUT2D eigenvalue weighted by Crippen LogP contribution is 2.31. The first-order valence-corrected chi connectivity index (χ1v) is 7.13. The molecule has 2 N–H and O–H groups in total. The number of fused-ring (bicyclic) bond motifs is 1. The molecule has 1 aliphatic carbocycles. The van der Waals surface area contributed by atoms with Gasteiger partial charge in [0.1, 0.15) is 0 Å². The van der Waals surface area contributed by atoms with Crippen LogP contribution in [0, 0.1) is 11.6 Å². The molecular formula is C15H16F2N2O2. The van der Waals surface area contributed by atoms with Crippen LogP contribution in [0.4, 0.5) is 8.78 Å². The summed E-state index contributed by atoms with van der Waals surface area (Å²) in [4.78, 5) is 25.9. The Morgan fingerprint density at radius 1 is 0.952 bits per heavy atom. The van der Waals surface area contributed by atoms with Gasteiger partial charge in [-0.15, -0.1) is 0 Å². The lowest BCUT2D eigenvalue weighted by molar-refractivity contribution is 0.0552. The first kappa shape index (κ1) is 14.1. The van der Waals surface area contributed by atoms with Gasteiger partial charge in [0.2, 0.25) is 0 Å². The molecule has 2 atom stereocenters. The standard InChI is InChI=1S/C15H16F2N2O2/c16-10-6-8-9(7-11(10)17)15(21)19(14(8)20)13-5-3-1-2-4-12(13)18/h6-7,12-13H,1-5,18H2. The molecule has 1 heterocycles. The predicted octanol–water partition coefficient (Wildman–Crippen LogP) is 2.22. The Hall–Kier alpha value is -1.82. The maximum Gasteiger partial charge on any atom is 0.261 e. The number of nitrogens with two attached hydrogens (primary N) is 1. The second-order valence-electron chi connectivity index (χ2n) is 5.66. The minimum atomic E-state index is -1.12. The molecular weight excluding hydrogens is 278 g/mol. The third-order valence-electron chi connectivity index (χ3n) is 4.32. The molecule has 1 fully saturated rings. The number of halogens is 2. The van der Waals surface area contributed by atoms with E-state index in [1.807, 2.05) is 0 Å². The molecule has 1 saturated carbocycles. The molecule has 4 nitrogen and oxygen atoms in total. The van der Waals surface area contributed by atoms with E-state index in [1.165, 1.54) is 0 Å². The van der Waals surface area contributed by atoms with Crippen molar-refractivity contribution < 1.29 is 18.4 Å². The molecule has 2 aliphatic rings. The average molecular weight is 294 g/mol. The molecule has 6 heteroatoms. The van der Waals surface area contributed by atoms with Gasteiger partial charge in [-0.05, 0) is 25.0 Å². The zero-order chi connectivity index (χ0) is 15.1. The van der Waals surface area contributed by atoms with Crippen molar-refractivity contribution in [3.8, 4) is 0 Å². The van der Waals surface area contributed by atoms with Crippen LogP contribution in [0.15, 0.2) is 12.1 Å². The van der Waals surface area contributed by atoms with E-state index in [-0.39, 0.29) is 17.2 Å². The molecule has 0 radical (unpaired) electrons. The van der Waals surface area contributed by atoms with Gasteiger partial charge in [0.25, 0.3) is 11.8 Å². The van der Waals surface area contributed by atoms with Crippen LogP contribution in [0.5, 0.6) is 0 Å². The summed E-state index contributed by atoms with van der Waals surface area (Å²) in [5.41, 5.74) is 5.94. The van der Waals surface area contributed by atoms with E-state index in [4.69, 9.17) is 5.73 Å². The van der Waals surface area contributed by atoms with Crippen molar-refractivity contribution in [1.82, 2.24) is 4.90 Å². The molecule has 2 unspecified atom stereocenters. The summed E-state index contributed by atoms with van der Waals surface area (Å²) in [5.74, 6) is -3.39. The first-order valence-electron chi connectivity index (χ1n) is 7.13. The van der Waals surface area contributed by atoms with Crippen molar-refractivity contribution >= 4 is 11.8 Å². The van der Waals surface area contributed by atoms with Gasteiger partial charge in [-0.2, -0.15) is 0 Å². The number of amides is 2. The van der Waals surface area contributed by atoms with Gasteiger partial charge in [0.15, 0.2) is 11.6 Å². The van der Waals surface area contributed by atoms with E-state index in [0.29, 0.717) is 6.42 Å². The number of rotatable bonds is 1. The van der Waals surface area contributed by atoms with Crippen molar-refractivity contribution in [1.29, 1.82) is 0 Å². The summed E-state index contributed by atoms with van der Waals surface area (Å²) in [6.07, 6.45) is 4.23. The Kier molecular flexibility index (Phi) is 3.49. The molecule has 0 aromatic heterocycles. The van der Waals surface area contributed by atoms with Crippen molar-refractivity contribution in [2.75, 3.05) is 0 Å². The Morgan fingerprint density at radius 3 is 2.05 bits per heavy atom. The van der Waals surface area contributed by atoms with Crippen LogP contribution in [0.25, 0.3) is 0 Å². The third kappa shape index (κ3) is 2.23. The van der Waals surface area contributed by atoms with Crippen LogP contribution in [0.3, 0.4) is 0 Å². The number of hydrogen-bond donors (Lipinski definition) is 1. The molecule has 2 amide bonds. The fraction of sp³-hybridized carbons (Fsp3) is 0.467. The molecule has 1 aliphatic heterocycles. The normalized spacial score (nSPS) is 26.0. The zero-order valence-corrected chi connectivity index (χ0v) is 11.4. The summed E-state index contributed by atoms with van der Waals surface area (Å²) in [7, 11) is 0. The zero-order valence-electron chi connectivity index (χ0n) is 11.4. The molecule has 3 rings (SSSR count). The SMILES string of the molecule is NC1CCCCCC1N1C(=O)c2cc(F)c(F)cc2C1=O. The second kappa shape index (κ2) is 5.18. The predicted molar refractivity (Wildman–Crippen MR) is 71.7 cm³/mol. The molecule has 21 heavy (non-hydrogen) atoms. The number of carbonyl (C=O) groups excluding carboxylic acids is 2. The van der Waals surface area contributed by atoms with Gasteiger partial charge in [0, 0.05) is 6.04 Å². The van der Waals surface area contributed by atoms with E-state index in [0.717, 1.165) is 42.7 Å². The topological polar surface area (TPSA) is 63.4 Å². The lowest BCUT2D eigenvalue weighted by Gasteiger charge is -2.29. The maximum atomic E-state index is 13.3. The minimum absolute atomic E-state index is 0.0738. The highest BCUT2D eigenvalue weighted by atomic mass is 19.2. The molecule has 112 valence electrons. The molecule has 1 aromatic rings. The quantitative estimate of drug-likeness (QED) is 0.638. The van der Waals surface area contributed by atoms with E-state index in [1.54, 1.807) is 0 Å². The van der Waals surface area contributed by atoms with E-state index in [9.17, 15) is 18.4 Å². The largest absolute Gasteiger partial charge is 0.326 e. The Labute approximate surface area is 120 Å². The van der Waals surface area contributed by atoms with Crippen molar-refractivity contribution in [3.63, 3.8) is 0 Å². The highest BCUT2D eigenvalue weighted by Gasteiger charge is 2.42. The monoisotopic (exact) mass is 294 g/mol. The lowest BCUT2D eigenvalue weighted by Crippen LogP contribution is -2.49. The van der Waals surface area contributed by atoms with E-state index in [2.05, 4.69) is 0 Å². The fourth-order valence-corrected chi connectivity index (χ4v) is 3.19. The molecule has 0 saturated heterocycles. The van der Waals surface area contributed by atoms with Gasteiger partial charge in [-0.1, -0.05) is 19.3 Å². The van der Waals surface area contributed by atoms with Crippen LogP contribution >= 0.6 is 0 Å². The summed E-state index contributed by atoms with van der Waals surface area (Å²) >= 11 is 0. The van der Waals surface area contributed by atoms with Crippen LogP contribution in [0.1, 0.15) is 52.8 Å². The number of hydrogen-bond acceptors (Lipinski definition) is 3. The van der Waals surface area contributed by atoms with Gasteiger partial charge in [-0.25, -0.2) is 8.78 Å². The highest BCUT2D eigenvalue weighted by molar-refractivity contribution is 6.21. The van der Waals surface area contributed by atoms with Crippen LogP contribution in [0.2, 0.25) is 0 Å². The second-order valence-corrected chi connectivity index (χ2v) is 5.66. The number of imide groups is 1. The Morgan fingerprint density at radius 2 is 1.48 bits per heavy atom. The molecule has 1 aromatic carbocycles. The summed E-state index contributed by atoms with van der Waals surface area (Å²) < 4.78 is 26.6. The first-order chi connectivity index (χ1) is 10.0. The Bertz CT molecular complexity index is 577. The van der Waals surface area contributed by atoms with Gasteiger partial charge in [0.05, 0.1) is 17.2 Å². The maximum absolute atomic E-state index is 13.3. The van der Waals surface area contributed by atoms with Crippen molar-refractivity contribution in [2.45, 2.75) is 44.2 Å². The summed E-state index contributed by atoms with van der Waals surface area (Å²) in [5, 5.41) is 0. The smallest absolute Gasteiger partial charge is 0.261 e. The van der Waals surface area contributed by atoms with E-state index >= 15 is 0 Å². The minimum Gasteiger partial charge on any atom is -0.326 e. The lowest BCUT2D eigenvalue weighted by atomic mass is 10.0.